The Bertz CT molecular complexity index is 390. The van der Waals surface area contributed by atoms with Crippen molar-refractivity contribution in [2.24, 2.45) is 0 Å². The number of halogens is 1. The van der Waals surface area contributed by atoms with Crippen LogP contribution in [0.25, 0.3) is 0 Å². The first-order valence-corrected chi connectivity index (χ1v) is 7.90. The van der Waals surface area contributed by atoms with Gasteiger partial charge in [-0.2, -0.15) is 0 Å². The van der Waals surface area contributed by atoms with E-state index in [-0.39, 0.29) is 5.91 Å². The number of hydrogen-bond acceptors (Lipinski definition) is 3. The van der Waals surface area contributed by atoms with Gasteiger partial charge in [0.25, 0.3) is 0 Å². The lowest BCUT2D eigenvalue weighted by Crippen LogP contribution is -2.46. The minimum absolute atomic E-state index is 0.279. The SMILES string of the molecule is O=C(CCSc1ccc(Br)cc1)N1CCNCC1. The number of piperazine rings is 1. The number of carbonyl (C=O) groups excluding carboxylic acids is 1. The summed E-state index contributed by atoms with van der Waals surface area (Å²) in [5.74, 6) is 1.13. The quantitative estimate of drug-likeness (QED) is 0.861. The molecule has 0 unspecified atom stereocenters. The lowest BCUT2D eigenvalue weighted by atomic mass is 10.3. The largest absolute Gasteiger partial charge is 0.340 e. The molecule has 3 nitrogen and oxygen atoms in total. The van der Waals surface area contributed by atoms with Crippen LogP contribution in [0.5, 0.6) is 0 Å². The minimum atomic E-state index is 0.279. The smallest absolute Gasteiger partial charge is 0.223 e. The van der Waals surface area contributed by atoms with Gasteiger partial charge in [-0.05, 0) is 24.3 Å². The van der Waals surface area contributed by atoms with E-state index < -0.39 is 0 Å². The second-order valence-corrected chi connectivity index (χ2v) is 6.27. The molecule has 0 bridgehead atoms. The molecule has 1 fully saturated rings. The summed E-state index contributed by atoms with van der Waals surface area (Å²) >= 11 is 5.15. The zero-order chi connectivity index (χ0) is 12.8. The molecule has 0 saturated carbocycles. The maximum absolute atomic E-state index is 11.9. The van der Waals surface area contributed by atoms with Crippen molar-refractivity contribution in [1.82, 2.24) is 10.2 Å². The molecule has 0 spiro atoms. The Labute approximate surface area is 120 Å². The van der Waals surface area contributed by atoms with Crippen molar-refractivity contribution >= 4 is 33.6 Å². The van der Waals surface area contributed by atoms with E-state index in [0.717, 1.165) is 36.4 Å². The number of thioether (sulfide) groups is 1. The van der Waals surface area contributed by atoms with E-state index in [1.807, 2.05) is 17.0 Å². The molecule has 0 atom stereocenters. The molecule has 1 aliphatic heterocycles. The van der Waals surface area contributed by atoms with E-state index in [9.17, 15) is 4.79 Å². The van der Waals surface area contributed by atoms with E-state index >= 15 is 0 Å². The molecule has 1 N–H and O–H groups in total. The number of benzene rings is 1. The molecule has 1 heterocycles. The molecule has 1 saturated heterocycles. The third-order valence-electron chi connectivity index (χ3n) is 2.87. The molecule has 0 aliphatic carbocycles. The lowest BCUT2D eigenvalue weighted by Gasteiger charge is -2.27. The maximum atomic E-state index is 11.9. The first-order valence-electron chi connectivity index (χ1n) is 6.12. The third-order valence-corrected chi connectivity index (χ3v) is 4.41. The summed E-state index contributed by atoms with van der Waals surface area (Å²) in [6.45, 7) is 3.54. The van der Waals surface area contributed by atoms with Gasteiger partial charge in [0, 0.05) is 47.7 Å². The van der Waals surface area contributed by atoms with Crippen molar-refractivity contribution in [3.8, 4) is 0 Å². The Balaban J connectivity index is 1.71. The van der Waals surface area contributed by atoms with Crippen molar-refractivity contribution < 1.29 is 4.79 Å². The fourth-order valence-electron chi connectivity index (χ4n) is 1.86. The Hall–Kier alpha value is -0.520. The second-order valence-electron chi connectivity index (χ2n) is 4.18. The minimum Gasteiger partial charge on any atom is -0.340 e. The number of nitrogens with zero attached hydrogens (tertiary/aromatic N) is 1. The van der Waals surface area contributed by atoms with Gasteiger partial charge >= 0.3 is 0 Å². The van der Waals surface area contributed by atoms with Crippen LogP contribution in [0.15, 0.2) is 33.6 Å². The van der Waals surface area contributed by atoms with E-state index in [2.05, 4.69) is 33.4 Å². The second kappa shape index (κ2) is 7.16. The van der Waals surface area contributed by atoms with Crippen molar-refractivity contribution in [3.05, 3.63) is 28.7 Å². The Morgan fingerprint density at radius 1 is 1.28 bits per heavy atom. The first kappa shape index (κ1) is 13.9. The van der Waals surface area contributed by atoms with Gasteiger partial charge in [-0.15, -0.1) is 11.8 Å². The summed E-state index contributed by atoms with van der Waals surface area (Å²) in [5.41, 5.74) is 0. The molecule has 1 aliphatic rings. The van der Waals surface area contributed by atoms with Crippen molar-refractivity contribution in [2.45, 2.75) is 11.3 Å². The Morgan fingerprint density at radius 3 is 2.61 bits per heavy atom. The summed E-state index contributed by atoms with van der Waals surface area (Å²) in [4.78, 5) is 15.1. The van der Waals surface area contributed by atoms with Gasteiger partial charge in [0.1, 0.15) is 0 Å². The predicted octanol–water partition coefficient (Wildman–Crippen LogP) is 2.36. The number of rotatable bonds is 4. The average molecular weight is 329 g/mol. The van der Waals surface area contributed by atoms with E-state index in [1.165, 1.54) is 4.90 Å². The fraction of sp³-hybridized carbons (Fsp3) is 0.462. The molecular weight excluding hydrogens is 312 g/mol. The van der Waals surface area contributed by atoms with Gasteiger partial charge in [-0.1, -0.05) is 15.9 Å². The predicted molar refractivity (Wildman–Crippen MR) is 78.9 cm³/mol. The highest BCUT2D eigenvalue weighted by Crippen LogP contribution is 2.21. The fourth-order valence-corrected chi connectivity index (χ4v) is 2.96. The van der Waals surface area contributed by atoms with Crippen LogP contribution in [0.2, 0.25) is 0 Å². The van der Waals surface area contributed by atoms with Crippen molar-refractivity contribution in [1.29, 1.82) is 0 Å². The van der Waals surface area contributed by atoms with Gasteiger partial charge in [0.2, 0.25) is 5.91 Å². The van der Waals surface area contributed by atoms with Crippen LogP contribution < -0.4 is 5.32 Å². The van der Waals surface area contributed by atoms with E-state index in [4.69, 9.17) is 0 Å². The number of hydrogen-bond donors (Lipinski definition) is 1. The van der Waals surface area contributed by atoms with Crippen LogP contribution in [0, 0.1) is 0 Å². The molecule has 18 heavy (non-hydrogen) atoms. The normalized spacial score (nSPS) is 15.7. The van der Waals surface area contributed by atoms with Crippen LogP contribution in [0.1, 0.15) is 6.42 Å². The molecule has 2 rings (SSSR count). The highest BCUT2D eigenvalue weighted by Gasteiger charge is 2.15. The summed E-state index contributed by atoms with van der Waals surface area (Å²) < 4.78 is 1.09. The van der Waals surface area contributed by atoms with E-state index in [1.54, 1.807) is 11.8 Å². The molecule has 1 aromatic carbocycles. The zero-order valence-corrected chi connectivity index (χ0v) is 12.6. The topological polar surface area (TPSA) is 32.3 Å². The number of amides is 1. The van der Waals surface area contributed by atoms with Crippen LogP contribution in [-0.2, 0) is 4.79 Å². The summed E-state index contributed by atoms with van der Waals surface area (Å²) in [5, 5.41) is 3.25. The Morgan fingerprint density at radius 2 is 1.94 bits per heavy atom. The molecule has 0 radical (unpaired) electrons. The highest BCUT2D eigenvalue weighted by atomic mass is 79.9. The first-order chi connectivity index (χ1) is 8.75. The van der Waals surface area contributed by atoms with E-state index in [0.29, 0.717) is 6.42 Å². The summed E-state index contributed by atoms with van der Waals surface area (Å²) in [6.07, 6.45) is 0.626. The average Bonchev–Trinajstić information content (AvgIpc) is 2.42. The molecular formula is C13H17BrN2OS. The van der Waals surface area contributed by atoms with Crippen molar-refractivity contribution in [3.63, 3.8) is 0 Å². The van der Waals surface area contributed by atoms with Gasteiger partial charge in [0.05, 0.1) is 0 Å². The molecule has 98 valence electrons. The standard InChI is InChI=1S/C13H17BrN2OS/c14-11-1-3-12(4-2-11)18-10-5-13(17)16-8-6-15-7-9-16/h1-4,15H,5-10H2. The van der Waals surface area contributed by atoms with Gasteiger partial charge in [-0.25, -0.2) is 0 Å². The van der Waals surface area contributed by atoms with Crippen LogP contribution in [-0.4, -0.2) is 42.7 Å². The molecule has 0 aromatic heterocycles. The lowest BCUT2D eigenvalue weighted by molar-refractivity contribution is -0.131. The third kappa shape index (κ3) is 4.30. The van der Waals surface area contributed by atoms with Gasteiger partial charge in [-0.3, -0.25) is 4.79 Å². The maximum Gasteiger partial charge on any atom is 0.223 e. The van der Waals surface area contributed by atoms with Crippen LogP contribution in [0.4, 0.5) is 0 Å². The Kier molecular flexibility index (Phi) is 5.53. The summed E-state index contributed by atoms with van der Waals surface area (Å²) in [6, 6.07) is 8.20. The number of nitrogens with one attached hydrogen (secondary N) is 1. The highest BCUT2D eigenvalue weighted by molar-refractivity contribution is 9.10. The van der Waals surface area contributed by atoms with Crippen LogP contribution in [0.3, 0.4) is 0 Å². The monoisotopic (exact) mass is 328 g/mol. The molecule has 5 heteroatoms. The zero-order valence-electron chi connectivity index (χ0n) is 10.2. The van der Waals surface area contributed by atoms with Crippen LogP contribution >= 0.6 is 27.7 Å². The number of carbonyl (C=O) groups is 1. The molecule has 1 amide bonds. The van der Waals surface area contributed by atoms with Gasteiger partial charge in [0.15, 0.2) is 0 Å². The van der Waals surface area contributed by atoms with Crippen molar-refractivity contribution in [2.75, 3.05) is 31.9 Å². The summed E-state index contributed by atoms with van der Waals surface area (Å²) in [7, 11) is 0. The van der Waals surface area contributed by atoms with Gasteiger partial charge < -0.3 is 10.2 Å². The molecule has 1 aromatic rings.